The molecule has 0 aliphatic carbocycles. The minimum atomic E-state index is -0.176. The van der Waals surface area contributed by atoms with E-state index in [1.54, 1.807) is 0 Å². The van der Waals surface area contributed by atoms with Gasteiger partial charge in [0.1, 0.15) is 11.4 Å². The summed E-state index contributed by atoms with van der Waals surface area (Å²) < 4.78 is 6.06. The summed E-state index contributed by atoms with van der Waals surface area (Å²) in [6.45, 7) is 5.16. The zero-order chi connectivity index (χ0) is 15.3. The van der Waals surface area contributed by atoms with Crippen LogP contribution in [0.15, 0.2) is 29.3 Å². The highest BCUT2D eigenvalue weighted by Crippen LogP contribution is 2.39. The number of benzene rings is 1. The minimum absolute atomic E-state index is 0.176. The molecule has 1 aromatic rings. The van der Waals surface area contributed by atoms with Crippen molar-refractivity contribution in [2.45, 2.75) is 31.9 Å². The van der Waals surface area contributed by atoms with Gasteiger partial charge in [-0.05, 0) is 26.2 Å². The van der Waals surface area contributed by atoms with Gasteiger partial charge < -0.3 is 15.4 Å². The zero-order valence-corrected chi connectivity index (χ0v) is 14.1. The van der Waals surface area contributed by atoms with Gasteiger partial charge >= 0.3 is 0 Å². The minimum Gasteiger partial charge on any atom is -0.487 e. The van der Waals surface area contributed by atoms with Crippen LogP contribution in [0.4, 0.5) is 0 Å². The van der Waals surface area contributed by atoms with Crippen molar-refractivity contribution in [3.8, 4) is 5.75 Å². The molecule has 0 bridgehead atoms. The summed E-state index contributed by atoms with van der Waals surface area (Å²) in [5.74, 6) is 2.88. The maximum absolute atomic E-state index is 6.06. The van der Waals surface area contributed by atoms with E-state index in [9.17, 15) is 0 Å². The monoisotopic (exact) mass is 307 g/mol. The lowest BCUT2D eigenvalue weighted by Gasteiger charge is -2.38. The van der Waals surface area contributed by atoms with Gasteiger partial charge in [-0.25, -0.2) is 0 Å². The van der Waals surface area contributed by atoms with Crippen molar-refractivity contribution in [1.29, 1.82) is 0 Å². The molecule has 116 valence electrons. The number of guanidine groups is 1. The van der Waals surface area contributed by atoms with Crippen molar-refractivity contribution in [1.82, 2.24) is 10.6 Å². The number of aliphatic imine (C=N–C) groups is 1. The number of para-hydroxylation sites is 1. The predicted octanol–water partition coefficient (Wildman–Crippen LogP) is 2.82. The van der Waals surface area contributed by atoms with E-state index in [0.717, 1.165) is 30.4 Å². The molecular formula is C16H25N3OS. The van der Waals surface area contributed by atoms with E-state index in [2.05, 4.69) is 47.9 Å². The highest BCUT2D eigenvalue weighted by molar-refractivity contribution is 7.98. The van der Waals surface area contributed by atoms with Crippen LogP contribution in [-0.2, 0) is 0 Å². The van der Waals surface area contributed by atoms with Crippen molar-refractivity contribution in [3.63, 3.8) is 0 Å². The van der Waals surface area contributed by atoms with Gasteiger partial charge in [-0.2, -0.15) is 11.8 Å². The molecular weight excluding hydrogens is 282 g/mol. The average Bonchev–Trinajstić information content (AvgIpc) is 2.45. The largest absolute Gasteiger partial charge is 0.487 e. The molecule has 1 aliphatic heterocycles. The average molecular weight is 307 g/mol. The van der Waals surface area contributed by atoms with Crippen LogP contribution in [0, 0.1) is 0 Å². The summed E-state index contributed by atoms with van der Waals surface area (Å²) in [4.78, 5) is 4.32. The van der Waals surface area contributed by atoms with Crippen molar-refractivity contribution >= 4 is 17.7 Å². The van der Waals surface area contributed by atoms with E-state index in [4.69, 9.17) is 4.74 Å². The van der Waals surface area contributed by atoms with Crippen LogP contribution in [0.25, 0.3) is 0 Å². The van der Waals surface area contributed by atoms with Gasteiger partial charge in [-0.15, -0.1) is 0 Å². The van der Waals surface area contributed by atoms with Crippen LogP contribution in [0.2, 0.25) is 0 Å². The summed E-state index contributed by atoms with van der Waals surface area (Å²) in [6.07, 6.45) is 3.02. The lowest BCUT2D eigenvalue weighted by atomic mass is 9.90. The molecule has 0 radical (unpaired) electrons. The molecule has 5 heteroatoms. The second-order valence-electron chi connectivity index (χ2n) is 5.79. The van der Waals surface area contributed by atoms with E-state index < -0.39 is 0 Å². The number of hydrogen-bond donors (Lipinski definition) is 2. The van der Waals surface area contributed by atoms with Crippen molar-refractivity contribution in [2.24, 2.45) is 4.99 Å². The zero-order valence-electron chi connectivity index (χ0n) is 13.3. The van der Waals surface area contributed by atoms with Crippen LogP contribution in [0.1, 0.15) is 31.9 Å². The number of ether oxygens (including phenoxy) is 1. The quantitative estimate of drug-likeness (QED) is 0.510. The topological polar surface area (TPSA) is 45.7 Å². The Morgan fingerprint density at radius 2 is 2.19 bits per heavy atom. The van der Waals surface area contributed by atoms with Crippen LogP contribution >= 0.6 is 11.8 Å². The van der Waals surface area contributed by atoms with E-state index in [0.29, 0.717) is 0 Å². The SMILES string of the molecule is CN=C(NCCSC)NC1CC(C)(C)Oc2ccccc21. The fourth-order valence-corrected chi connectivity index (χ4v) is 2.87. The molecule has 21 heavy (non-hydrogen) atoms. The molecule has 0 fully saturated rings. The van der Waals surface area contributed by atoms with Gasteiger partial charge in [-0.3, -0.25) is 4.99 Å². The molecule has 2 N–H and O–H groups in total. The smallest absolute Gasteiger partial charge is 0.191 e. The van der Waals surface area contributed by atoms with Crippen LogP contribution in [0.5, 0.6) is 5.75 Å². The van der Waals surface area contributed by atoms with Crippen LogP contribution in [-0.4, -0.2) is 37.2 Å². The molecule has 1 aromatic carbocycles. The van der Waals surface area contributed by atoms with Crippen molar-refractivity contribution in [3.05, 3.63) is 29.8 Å². The molecule has 1 atom stereocenters. The Bertz CT molecular complexity index is 502. The standard InChI is InChI=1S/C16H25N3OS/c1-16(2)11-13(12-7-5-6-8-14(12)20-16)19-15(17-3)18-9-10-21-4/h5-8,13H,9-11H2,1-4H3,(H2,17,18,19). The van der Waals surface area contributed by atoms with E-state index in [-0.39, 0.29) is 11.6 Å². The fourth-order valence-electron chi connectivity index (χ4n) is 2.56. The summed E-state index contributed by atoms with van der Waals surface area (Å²) in [5, 5.41) is 6.88. The normalized spacial score (nSPS) is 20.4. The number of nitrogens with zero attached hydrogens (tertiary/aromatic N) is 1. The van der Waals surface area contributed by atoms with Crippen LogP contribution in [0.3, 0.4) is 0 Å². The number of fused-ring (bicyclic) bond motifs is 1. The molecule has 4 nitrogen and oxygen atoms in total. The maximum Gasteiger partial charge on any atom is 0.191 e. The maximum atomic E-state index is 6.06. The second-order valence-corrected chi connectivity index (χ2v) is 6.78. The first-order valence-electron chi connectivity index (χ1n) is 7.30. The Balaban J connectivity index is 2.11. The van der Waals surface area contributed by atoms with Gasteiger partial charge in [0.05, 0.1) is 6.04 Å². The van der Waals surface area contributed by atoms with E-state index in [1.165, 1.54) is 5.56 Å². The van der Waals surface area contributed by atoms with Gasteiger partial charge in [0.15, 0.2) is 5.96 Å². The molecule has 2 rings (SSSR count). The summed E-state index contributed by atoms with van der Waals surface area (Å²) >= 11 is 1.82. The fraction of sp³-hybridized carbons (Fsp3) is 0.562. The highest BCUT2D eigenvalue weighted by atomic mass is 32.2. The Morgan fingerprint density at radius 3 is 2.90 bits per heavy atom. The Hall–Kier alpha value is -1.36. The third-order valence-electron chi connectivity index (χ3n) is 3.51. The summed E-state index contributed by atoms with van der Waals surface area (Å²) in [7, 11) is 1.81. The third kappa shape index (κ3) is 4.30. The molecule has 0 aromatic heterocycles. The molecule has 0 spiro atoms. The molecule has 1 aliphatic rings. The Morgan fingerprint density at radius 1 is 1.43 bits per heavy atom. The van der Waals surface area contributed by atoms with Crippen LogP contribution < -0.4 is 15.4 Å². The lowest BCUT2D eigenvalue weighted by Crippen LogP contribution is -2.45. The summed E-state index contributed by atoms with van der Waals surface area (Å²) in [5.41, 5.74) is 1.02. The molecule has 1 unspecified atom stereocenters. The molecule has 0 amide bonds. The number of rotatable bonds is 4. The first-order valence-corrected chi connectivity index (χ1v) is 8.69. The van der Waals surface area contributed by atoms with Gasteiger partial charge in [0.25, 0.3) is 0 Å². The predicted molar refractivity (Wildman–Crippen MR) is 91.4 cm³/mol. The first kappa shape index (κ1) is 16.0. The highest BCUT2D eigenvalue weighted by Gasteiger charge is 2.33. The molecule has 1 heterocycles. The van der Waals surface area contributed by atoms with Gasteiger partial charge in [-0.1, -0.05) is 18.2 Å². The first-order chi connectivity index (χ1) is 10.1. The Labute approximate surface area is 131 Å². The molecule has 0 saturated carbocycles. The number of hydrogen-bond acceptors (Lipinski definition) is 3. The third-order valence-corrected chi connectivity index (χ3v) is 4.12. The summed E-state index contributed by atoms with van der Waals surface area (Å²) in [6, 6.07) is 8.44. The second kappa shape index (κ2) is 7.07. The van der Waals surface area contributed by atoms with Crippen molar-refractivity contribution < 1.29 is 4.74 Å². The Kier molecular flexibility index (Phi) is 5.39. The van der Waals surface area contributed by atoms with Gasteiger partial charge in [0.2, 0.25) is 0 Å². The van der Waals surface area contributed by atoms with E-state index >= 15 is 0 Å². The van der Waals surface area contributed by atoms with E-state index in [1.807, 2.05) is 30.9 Å². The van der Waals surface area contributed by atoms with Crippen molar-refractivity contribution in [2.75, 3.05) is 25.6 Å². The lowest BCUT2D eigenvalue weighted by molar-refractivity contribution is 0.0694. The number of thioether (sulfide) groups is 1. The number of nitrogens with one attached hydrogen (secondary N) is 2. The van der Waals surface area contributed by atoms with Gasteiger partial charge in [0, 0.05) is 31.3 Å². The molecule has 0 saturated heterocycles.